The van der Waals surface area contributed by atoms with Gasteiger partial charge in [-0.25, -0.2) is 0 Å². The van der Waals surface area contributed by atoms with Gasteiger partial charge in [-0.1, -0.05) is 18.2 Å². The summed E-state index contributed by atoms with van der Waals surface area (Å²) in [6.45, 7) is 1.60. The van der Waals surface area contributed by atoms with Crippen LogP contribution in [0.5, 0.6) is 0 Å². The monoisotopic (exact) mass is 188 g/mol. The third kappa shape index (κ3) is 1.66. The fourth-order valence-electron chi connectivity index (χ4n) is 1.63. The first kappa shape index (κ1) is 8.94. The second-order valence-electron chi connectivity index (χ2n) is 3.43. The Morgan fingerprint density at radius 2 is 2.29 bits per heavy atom. The molecule has 0 aliphatic carbocycles. The van der Waals surface area contributed by atoms with Crippen LogP contribution in [0, 0.1) is 0 Å². The summed E-state index contributed by atoms with van der Waals surface area (Å²) >= 11 is 0. The van der Waals surface area contributed by atoms with Gasteiger partial charge in [0.1, 0.15) is 5.78 Å². The lowest BCUT2D eigenvalue weighted by molar-refractivity contribution is -0.117. The number of hydrogen-bond acceptors (Lipinski definition) is 3. The van der Waals surface area contributed by atoms with Crippen LogP contribution in [-0.2, 0) is 4.79 Å². The zero-order chi connectivity index (χ0) is 9.97. The van der Waals surface area contributed by atoms with Gasteiger partial charge in [0.2, 0.25) is 0 Å². The fraction of sp³-hybridized carbons (Fsp3) is 0.273. The molecule has 1 heterocycles. The van der Waals surface area contributed by atoms with Gasteiger partial charge < -0.3 is 5.32 Å². The summed E-state index contributed by atoms with van der Waals surface area (Å²) in [5.74, 6) is 0.170. The predicted molar refractivity (Wildman–Crippen MR) is 56.6 cm³/mol. The smallest absolute Gasteiger partial charge is 0.132 e. The van der Waals surface area contributed by atoms with Crippen molar-refractivity contribution in [2.75, 3.05) is 5.32 Å². The maximum Gasteiger partial charge on any atom is 0.132 e. The number of nitrogens with zero attached hydrogens (tertiary/aromatic N) is 1. The third-order valence-electron chi connectivity index (χ3n) is 2.28. The van der Waals surface area contributed by atoms with E-state index in [1.165, 1.54) is 0 Å². The average Bonchev–Trinajstić information content (AvgIpc) is 2.18. The van der Waals surface area contributed by atoms with Crippen LogP contribution < -0.4 is 5.32 Å². The predicted octanol–water partition coefficient (Wildman–Crippen LogP) is 2.16. The van der Waals surface area contributed by atoms with Gasteiger partial charge in [-0.05, 0) is 13.0 Å². The second-order valence-corrected chi connectivity index (χ2v) is 3.43. The normalized spacial score (nSPS) is 18.5. The topological polar surface area (TPSA) is 41.5 Å². The highest BCUT2D eigenvalue weighted by molar-refractivity contribution is 5.83. The van der Waals surface area contributed by atoms with E-state index in [1.54, 1.807) is 13.3 Å². The SMILES string of the molecule is CC(=O)CC1N=CNc2ccccc21. The highest BCUT2D eigenvalue weighted by Crippen LogP contribution is 2.30. The Bertz CT molecular complexity index is 385. The van der Waals surface area contributed by atoms with Crippen molar-refractivity contribution >= 4 is 17.8 Å². The number of carbonyl (C=O) groups excluding carboxylic acids is 1. The van der Waals surface area contributed by atoms with Gasteiger partial charge >= 0.3 is 0 Å². The number of carbonyl (C=O) groups is 1. The first-order valence-electron chi connectivity index (χ1n) is 4.64. The zero-order valence-corrected chi connectivity index (χ0v) is 8.03. The average molecular weight is 188 g/mol. The lowest BCUT2D eigenvalue weighted by atomic mass is 9.99. The van der Waals surface area contributed by atoms with Crippen molar-refractivity contribution in [1.82, 2.24) is 0 Å². The molecule has 1 unspecified atom stereocenters. The molecule has 3 heteroatoms. The van der Waals surface area contributed by atoms with Crippen molar-refractivity contribution in [3.63, 3.8) is 0 Å². The summed E-state index contributed by atoms with van der Waals surface area (Å²) < 4.78 is 0. The van der Waals surface area contributed by atoms with Crippen molar-refractivity contribution in [2.24, 2.45) is 4.99 Å². The molecule has 1 aliphatic heterocycles. The third-order valence-corrected chi connectivity index (χ3v) is 2.28. The van der Waals surface area contributed by atoms with Crippen molar-refractivity contribution < 1.29 is 4.79 Å². The molecule has 14 heavy (non-hydrogen) atoms. The Hall–Kier alpha value is -1.64. The van der Waals surface area contributed by atoms with E-state index >= 15 is 0 Å². The summed E-state index contributed by atoms with van der Waals surface area (Å²) in [6, 6.07) is 7.93. The van der Waals surface area contributed by atoms with Crippen LogP contribution in [0.4, 0.5) is 5.69 Å². The molecule has 1 aliphatic rings. The molecule has 1 N–H and O–H groups in total. The number of fused-ring (bicyclic) bond motifs is 1. The van der Waals surface area contributed by atoms with E-state index in [4.69, 9.17) is 0 Å². The van der Waals surface area contributed by atoms with E-state index in [9.17, 15) is 4.79 Å². The van der Waals surface area contributed by atoms with Crippen LogP contribution in [0.15, 0.2) is 29.3 Å². The Balaban J connectivity index is 2.31. The van der Waals surface area contributed by atoms with Crippen LogP contribution in [0.3, 0.4) is 0 Å². The van der Waals surface area contributed by atoms with E-state index in [1.807, 2.05) is 24.3 Å². The van der Waals surface area contributed by atoms with Crippen LogP contribution in [-0.4, -0.2) is 12.1 Å². The highest BCUT2D eigenvalue weighted by Gasteiger charge is 2.17. The maximum absolute atomic E-state index is 11.0. The molecule has 1 aromatic rings. The van der Waals surface area contributed by atoms with Crippen LogP contribution >= 0.6 is 0 Å². The molecule has 0 spiro atoms. The van der Waals surface area contributed by atoms with Gasteiger partial charge in [-0.15, -0.1) is 0 Å². The quantitative estimate of drug-likeness (QED) is 0.772. The fourth-order valence-corrected chi connectivity index (χ4v) is 1.63. The molecule has 0 saturated heterocycles. The van der Waals surface area contributed by atoms with Gasteiger partial charge in [0.05, 0.1) is 12.4 Å². The van der Waals surface area contributed by atoms with Crippen molar-refractivity contribution in [1.29, 1.82) is 0 Å². The molecule has 2 rings (SSSR count). The first-order valence-corrected chi connectivity index (χ1v) is 4.64. The zero-order valence-electron chi connectivity index (χ0n) is 8.03. The number of Topliss-reactive ketones (excluding diaryl/α,β-unsaturated/α-hetero) is 1. The molecular formula is C11H12N2O. The van der Waals surface area contributed by atoms with E-state index in [0.717, 1.165) is 11.3 Å². The lowest BCUT2D eigenvalue weighted by Gasteiger charge is -2.19. The molecule has 3 nitrogen and oxygen atoms in total. The Kier molecular flexibility index (Phi) is 2.31. The lowest BCUT2D eigenvalue weighted by Crippen LogP contribution is -2.12. The molecule has 0 saturated carbocycles. The molecule has 0 amide bonds. The number of rotatable bonds is 2. The number of nitrogens with one attached hydrogen (secondary N) is 1. The number of anilines is 1. The largest absolute Gasteiger partial charge is 0.346 e. The van der Waals surface area contributed by atoms with Gasteiger partial charge in [0.25, 0.3) is 0 Å². The Morgan fingerprint density at radius 3 is 3.07 bits per heavy atom. The summed E-state index contributed by atoms with van der Waals surface area (Å²) in [7, 11) is 0. The van der Waals surface area contributed by atoms with E-state index in [-0.39, 0.29) is 11.8 Å². The van der Waals surface area contributed by atoms with Crippen molar-refractivity contribution in [2.45, 2.75) is 19.4 Å². The second kappa shape index (κ2) is 3.62. The number of aliphatic imine (C=N–C) groups is 1. The van der Waals surface area contributed by atoms with Crippen molar-refractivity contribution in [3.05, 3.63) is 29.8 Å². The van der Waals surface area contributed by atoms with Gasteiger partial charge in [-0.2, -0.15) is 0 Å². The van der Waals surface area contributed by atoms with Crippen LogP contribution in [0.25, 0.3) is 0 Å². The summed E-state index contributed by atoms with van der Waals surface area (Å²) in [5, 5.41) is 3.06. The molecule has 0 radical (unpaired) electrons. The van der Waals surface area contributed by atoms with E-state index in [0.29, 0.717) is 6.42 Å². The molecule has 1 atom stereocenters. The number of ketones is 1. The highest BCUT2D eigenvalue weighted by atomic mass is 16.1. The van der Waals surface area contributed by atoms with Gasteiger partial charge in [-0.3, -0.25) is 9.79 Å². The van der Waals surface area contributed by atoms with Crippen LogP contribution in [0.2, 0.25) is 0 Å². The van der Waals surface area contributed by atoms with Crippen molar-refractivity contribution in [3.8, 4) is 0 Å². The van der Waals surface area contributed by atoms with Gasteiger partial charge in [0.15, 0.2) is 0 Å². The number of para-hydroxylation sites is 1. The minimum absolute atomic E-state index is 0.00931. The molecule has 0 bridgehead atoms. The Labute approximate surface area is 82.9 Å². The van der Waals surface area contributed by atoms with Crippen LogP contribution in [0.1, 0.15) is 24.9 Å². The summed E-state index contributed by atoms with van der Waals surface area (Å²) in [6.07, 6.45) is 2.14. The van der Waals surface area contributed by atoms with Gasteiger partial charge in [0, 0.05) is 17.7 Å². The van der Waals surface area contributed by atoms with E-state index < -0.39 is 0 Å². The summed E-state index contributed by atoms with van der Waals surface area (Å²) in [5.41, 5.74) is 2.15. The maximum atomic E-state index is 11.0. The molecule has 0 aromatic heterocycles. The molecule has 72 valence electrons. The first-order chi connectivity index (χ1) is 6.77. The molecule has 1 aromatic carbocycles. The van der Waals surface area contributed by atoms with E-state index in [2.05, 4.69) is 10.3 Å². The number of hydrogen-bond donors (Lipinski definition) is 1. The minimum Gasteiger partial charge on any atom is -0.346 e. The summed E-state index contributed by atoms with van der Waals surface area (Å²) in [4.78, 5) is 15.3. The number of benzene rings is 1. The molecule has 0 fully saturated rings. The standard InChI is InChI=1S/C11H12N2O/c1-8(14)6-11-9-4-2-3-5-10(9)12-7-13-11/h2-5,7,11H,6H2,1H3,(H,12,13). The Morgan fingerprint density at radius 1 is 1.50 bits per heavy atom. The minimum atomic E-state index is -0.00931. The molecular weight excluding hydrogens is 176 g/mol.